The first kappa shape index (κ1) is 21.0. The molecular weight excluding hydrogens is 453 g/mol. The van der Waals surface area contributed by atoms with E-state index < -0.39 is 40.6 Å². The maximum atomic E-state index is 13.6. The molecule has 166 valence electrons. The number of hydroxylamine groups is 1. The standard InChI is InChI=1S/C23H15ClFN3O5/c24-14-3-7-17(8-4-14)27-20(13-1-5-15(25)6-2-13)19-21(33-27)23(30)26(22(19)29)16-9-11-18(12-10-16)28(31)32/h1-12,19-21H/t19-,20-,21-/m0/s1. The summed E-state index contributed by atoms with van der Waals surface area (Å²) < 4.78 is 13.6. The third-order valence-corrected chi connectivity index (χ3v) is 5.98. The first-order valence-electron chi connectivity index (χ1n) is 9.94. The zero-order valence-corrected chi connectivity index (χ0v) is 17.6. The van der Waals surface area contributed by atoms with Gasteiger partial charge in [-0.1, -0.05) is 23.7 Å². The van der Waals surface area contributed by atoms with Crippen molar-refractivity contribution >= 4 is 40.5 Å². The van der Waals surface area contributed by atoms with Gasteiger partial charge >= 0.3 is 0 Å². The zero-order valence-electron chi connectivity index (χ0n) is 16.8. The molecule has 10 heteroatoms. The second-order valence-corrected chi connectivity index (χ2v) is 8.07. The molecule has 0 bridgehead atoms. The van der Waals surface area contributed by atoms with Gasteiger partial charge in [-0.3, -0.25) is 24.5 Å². The molecule has 0 aliphatic carbocycles. The summed E-state index contributed by atoms with van der Waals surface area (Å²) >= 11 is 5.99. The van der Waals surface area contributed by atoms with Crippen LogP contribution in [0.5, 0.6) is 0 Å². The maximum absolute atomic E-state index is 13.6. The SMILES string of the molecule is O=C1[C@@H]2[C@H](ON(c3ccc(Cl)cc3)[C@H]2c2ccc(F)cc2)C(=O)N1c1ccc([N+](=O)[O-])cc1. The fourth-order valence-electron chi connectivity index (χ4n) is 4.20. The van der Waals surface area contributed by atoms with E-state index in [0.717, 1.165) is 4.90 Å². The van der Waals surface area contributed by atoms with E-state index in [0.29, 0.717) is 16.3 Å². The summed E-state index contributed by atoms with van der Waals surface area (Å²) in [6.07, 6.45) is -1.11. The summed E-state index contributed by atoms with van der Waals surface area (Å²) in [4.78, 5) is 44.0. The van der Waals surface area contributed by atoms with Crippen molar-refractivity contribution < 1.29 is 23.7 Å². The second-order valence-electron chi connectivity index (χ2n) is 7.64. The number of nitro benzene ring substituents is 1. The Morgan fingerprint density at radius 3 is 2.09 bits per heavy atom. The molecule has 2 heterocycles. The Kier molecular flexibility index (Phi) is 5.07. The van der Waals surface area contributed by atoms with E-state index in [9.17, 15) is 24.1 Å². The predicted molar refractivity (Wildman–Crippen MR) is 117 cm³/mol. The molecule has 5 rings (SSSR count). The molecule has 2 aliphatic heterocycles. The minimum Gasteiger partial charge on any atom is -0.273 e. The molecule has 2 saturated heterocycles. The van der Waals surface area contributed by atoms with Crippen LogP contribution in [0.25, 0.3) is 0 Å². The van der Waals surface area contributed by atoms with Gasteiger partial charge in [0.1, 0.15) is 11.7 Å². The van der Waals surface area contributed by atoms with Gasteiger partial charge in [0.2, 0.25) is 5.91 Å². The van der Waals surface area contributed by atoms with Gasteiger partial charge in [-0.2, -0.15) is 0 Å². The number of imide groups is 1. The van der Waals surface area contributed by atoms with Crippen molar-refractivity contribution in [3.63, 3.8) is 0 Å². The van der Waals surface area contributed by atoms with Gasteiger partial charge in [-0.15, -0.1) is 0 Å². The van der Waals surface area contributed by atoms with Crippen molar-refractivity contribution in [3.8, 4) is 0 Å². The molecule has 0 aromatic heterocycles. The average molecular weight is 468 g/mol. The number of hydrogen-bond acceptors (Lipinski definition) is 6. The Balaban J connectivity index is 1.55. The van der Waals surface area contributed by atoms with Crippen LogP contribution >= 0.6 is 11.6 Å². The third-order valence-electron chi connectivity index (χ3n) is 5.73. The van der Waals surface area contributed by atoms with Gasteiger partial charge in [0.15, 0.2) is 6.10 Å². The fraction of sp³-hybridized carbons (Fsp3) is 0.130. The molecule has 0 saturated carbocycles. The highest BCUT2D eigenvalue weighted by molar-refractivity contribution is 6.30. The Hall–Kier alpha value is -3.82. The van der Waals surface area contributed by atoms with Crippen LogP contribution in [-0.4, -0.2) is 22.8 Å². The molecule has 3 aromatic rings. The van der Waals surface area contributed by atoms with Crippen LogP contribution in [0.3, 0.4) is 0 Å². The van der Waals surface area contributed by atoms with E-state index in [1.54, 1.807) is 36.4 Å². The average Bonchev–Trinajstić information content (AvgIpc) is 3.31. The van der Waals surface area contributed by atoms with Crippen LogP contribution in [-0.2, 0) is 14.4 Å². The fourth-order valence-corrected chi connectivity index (χ4v) is 4.33. The number of carbonyl (C=O) groups excluding carboxylic acids is 2. The molecule has 0 spiro atoms. The number of fused-ring (bicyclic) bond motifs is 1. The minimum atomic E-state index is -1.11. The first-order chi connectivity index (χ1) is 15.8. The lowest BCUT2D eigenvalue weighted by Crippen LogP contribution is -2.37. The third kappa shape index (κ3) is 3.51. The number of non-ortho nitro benzene ring substituents is 1. The largest absolute Gasteiger partial charge is 0.273 e. The van der Waals surface area contributed by atoms with Crippen molar-refractivity contribution in [1.29, 1.82) is 0 Å². The summed E-state index contributed by atoms with van der Waals surface area (Å²) in [5.74, 6) is -2.44. The molecule has 3 atom stereocenters. The van der Waals surface area contributed by atoms with Gasteiger partial charge < -0.3 is 0 Å². The molecule has 0 unspecified atom stereocenters. The maximum Gasteiger partial charge on any atom is 0.269 e. The van der Waals surface area contributed by atoms with Crippen LogP contribution in [0.15, 0.2) is 72.8 Å². The van der Waals surface area contributed by atoms with Crippen LogP contribution in [0.1, 0.15) is 11.6 Å². The molecule has 0 N–H and O–H groups in total. The number of halogens is 2. The molecule has 2 aliphatic rings. The van der Waals surface area contributed by atoms with Crippen molar-refractivity contribution in [2.45, 2.75) is 12.1 Å². The van der Waals surface area contributed by atoms with Crippen LogP contribution < -0.4 is 9.96 Å². The number of nitro groups is 1. The topological polar surface area (TPSA) is 93.0 Å². The van der Waals surface area contributed by atoms with E-state index in [4.69, 9.17) is 16.4 Å². The van der Waals surface area contributed by atoms with Crippen molar-refractivity contribution in [2.75, 3.05) is 9.96 Å². The monoisotopic (exact) mass is 467 g/mol. The van der Waals surface area contributed by atoms with Crippen LogP contribution in [0.2, 0.25) is 5.02 Å². The summed E-state index contributed by atoms with van der Waals surface area (Å²) in [7, 11) is 0. The number of benzene rings is 3. The number of hydrogen-bond donors (Lipinski definition) is 0. The first-order valence-corrected chi connectivity index (χ1v) is 10.3. The lowest BCUT2D eigenvalue weighted by molar-refractivity contribution is -0.384. The number of amides is 2. The van der Waals surface area contributed by atoms with Crippen LogP contribution in [0, 0.1) is 21.8 Å². The van der Waals surface area contributed by atoms with E-state index >= 15 is 0 Å². The summed E-state index contributed by atoms with van der Waals surface area (Å²) in [6.45, 7) is 0. The zero-order chi connectivity index (χ0) is 23.3. The number of nitrogens with zero attached hydrogens (tertiary/aromatic N) is 3. The molecule has 8 nitrogen and oxygen atoms in total. The lowest BCUT2D eigenvalue weighted by Gasteiger charge is -2.28. The molecule has 33 heavy (non-hydrogen) atoms. The van der Waals surface area contributed by atoms with Gasteiger partial charge in [0.05, 0.1) is 22.3 Å². The number of rotatable bonds is 4. The number of carbonyl (C=O) groups is 2. The summed E-state index contributed by atoms with van der Waals surface area (Å²) in [5.41, 5.74) is 1.22. The quantitative estimate of drug-likeness (QED) is 0.320. The van der Waals surface area contributed by atoms with Crippen molar-refractivity contribution in [1.82, 2.24) is 0 Å². The van der Waals surface area contributed by atoms with E-state index in [-0.39, 0.29) is 11.4 Å². The van der Waals surface area contributed by atoms with Crippen molar-refractivity contribution in [2.24, 2.45) is 5.92 Å². The Morgan fingerprint density at radius 2 is 1.48 bits per heavy atom. The lowest BCUT2D eigenvalue weighted by atomic mass is 9.90. The molecule has 3 aromatic carbocycles. The van der Waals surface area contributed by atoms with Gasteiger partial charge in [-0.05, 0) is 54.1 Å². The minimum absolute atomic E-state index is 0.160. The van der Waals surface area contributed by atoms with Crippen LogP contribution in [0.4, 0.5) is 21.5 Å². The summed E-state index contributed by atoms with van der Waals surface area (Å²) in [5, 5.41) is 12.9. The Morgan fingerprint density at radius 1 is 0.879 bits per heavy atom. The molecule has 2 fully saturated rings. The smallest absolute Gasteiger partial charge is 0.269 e. The van der Waals surface area contributed by atoms with Gasteiger partial charge in [0, 0.05) is 17.2 Å². The Labute approximate surface area is 191 Å². The highest BCUT2D eigenvalue weighted by atomic mass is 35.5. The van der Waals surface area contributed by atoms with Crippen molar-refractivity contribution in [3.05, 3.63) is 99.3 Å². The van der Waals surface area contributed by atoms with Gasteiger partial charge in [-0.25, -0.2) is 14.4 Å². The van der Waals surface area contributed by atoms with E-state index in [1.165, 1.54) is 41.5 Å². The highest BCUT2D eigenvalue weighted by Gasteiger charge is 2.60. The van der Waals surface area contributed by atoms with Gasteiger partial charge in [0.25, 0.3) is 11.6 Å². The second kappa shape index (κ2) is 7.95. The van der Waals surface area contributed by atoms with E-state index in [2.05, 4.69) is 0 Å². The van der Waals surface area contributed by atoms with E-state index in [1.807, 2.05) is 0 Å². The Bertz CT molecular complexity index is 1250. The predicted octanol–water partition coefficient (Wildman–Crippen LogP) is 4.44. The normalized spacial score (nSPS) is 22.1. The molecule has 0 radical (unpaired) electrons. The number of anilines is 2. The molecule has 2 amide bonds. The highest BCUT2D eigenvalue weighted by Crippen LogP contribution is 2.47. The summed E-state index contributed by atoms with van der Waals surface area (Å²) in [6, 6.07) is 16.8. The molecular formula is C23H15ClFN3O5.